The van der Waals surface area contributed by atoms with Crippen molar-refractivity contribution in [3.63, 3.8) is 0 Å². The molecule has 0 radical (unpaired) electrons. The zero-order valence-electron chi connectivity index (χ0n) is 21.7. The molecule has 0 aromatic heterocycles. The Kier molecular flexibility index (Phi) is 10.8. The Hall–Kier alpha value is -2.67. The molecule has 1 fully saturated rings. The summed E-state index contributed by atoms with van der Waals surface area (Å²) < 4.78 is 0. The summed E-state index contributed by atoms with van der Waals surface area (Å²) in [5.41, 5.74) is 3.93. The van der Waals surface area contributed by atoms with Gasteiger partial charge in [-0.3, -0.25) is 14.8 Å². The molecule has 7 nitrogen and oxygen atoms in total. The van der Waals surface area contributed by atoms with E-state index in [9.17, 15) is 4.79 Å². The molecule has 1 atom stereocenters. The van der Waals surface area contributed by atoms with Crippen molar-refractivity contribution in [1.82, 2.24) is 15.1 Å². The van der Waals surface area contributed by atoms with Gasteiger partial charge in [0.15, 0.2) is 0 Å². The molecular formula is C28H43N5O2. The molecule has 1 unspecified atom stereocenters. The van der Waals surface area contributed by atoms with Crippen LogP contribution in [0.25, 0.3) is 0 Å². The van der Waals surface area contributed by atoms with Crippen molar-refractivity contribution in [2.24, 2.45) is 15.9 Å². The molecule has 3 aliphatic heterocycles. The van der Waals surface area contributed by atoms with E-state index >= 15 is 0 Å². The van der Waals surface area contributed by atoms with Gasteiger partial charge in [0.1, 0.15) is 0 Å². The van der Waals surface area contributed by atoms with Gasteiger partial charge in [-0.05, 0) is 57.6 Å². The van der Waals surface area contributed by atoms with Gasteiger partial charge in [0, 0.05) is 50.1 Å². The second-order valence-electron chi connectivity index (χ2n) is 9.65. The predicted octanol–water partition coefficient (Wildman–Crippen LogP) is 3.84. The fourth-order valence-corrected chi connectivity index (χ4v) is 4.75. The van der Waals surface area contributed by atoms with Crippen LogP contribution in [0.3, 0.4) is 0 Å². The van der Waals surface area contributed by atoms with Gasteiger partial charge in [0.25, 0.3) is 5.91 Å². The van der Waals surface area contributed by atoms with Crippen LogP contribution in [0.5, 0.6) is 0 Å². The van der Waals surface area contributed by atoms with E-state index in [1.54, 1.807) is 0 Å². The van der Waals surface area contributed by atoms with Crippen LogP contribution < -0.4 is 5.32 Å². The molecule has 1 amide bonds. The van der Waals surface area contributed by atoms with Gasteiger partial charge in [0.2, 0.25) is 0 Å². The van der Waals surface area contributed by atoms with E-state index < -0.39 is 0 Å². The molecular weight excluding hydrogens is 438 g/mol. The van der Waals surface area contributed by atoms with Crippen LogP contribution >= 0.6 is 0 Å². The van der Waals surface area contributed by atoms with E-state index in [0.717, 1.165) is 76.1 Å². The average Bonchev–Trinajstić information content (AvgIpc) is 3.30. The highest BCUT2D eigenvalue weighted by Crippen LogP contribution is 2.26. The Balaban J connectivity index is 1.70. The minimum Gasteiger partial charge on any atom is -0.396 e. The molecule has 0 bridgehead atoms. The summed E-state index contributed by atoms with van der Waals surface area (Å²) in [6.07, 6.45) is 18.8. The molecule has 35 heavy (non-hydrogen) atoms. The van der Waals surface area contributed by atoms with Crippen LogP contribution in [0.1, 0.15) is 58.8 Å². The summed E-state index contributed by atoms with van der Waals surface area (Å²) in [4.78, 5) is 27.4. The van der Waals surface area contributed by atoms with Gasteiger partial charge in [-0.1, -0.05) is 31.6 Å². The summed E-state index contributed by atoms with van der Waals surface area (Å²) in [6.45, 7) is 7.31. The van der Waals surface area contributed by atoms with Crippen molar-refractivity contribution < 1.29 is 9.90 Å². The minimum atomic E-state index is -0.120. The van der Waals surface area contributed by atoms with Gasteiger partial charge in [-0.15, -0.1) is 0 Å². The maximum absolute atomic E-state index is 13.4. The zero-order chi connectivity index (χ0) is 25.0. The summed E-state index contributed by atoms with van der Waals surface area (Å²) in [5, 5.41) is 12.6. The molecule has 7 heteroatoms. The lowest BCUT2D eigenvalue weighted by atomic mass is 9.93. The maximum Gasteiger partial charge on any atom is 0.253 e. The number of nitrogens with zero attached hydrogens (tertiary/aromatic N) is 4. The van der Waals surface area contributed by atoms with Crippen LogP contribution in [0.15, 0.2) is 57.8 Å². The first-order valence-electron chi connectivity index (χ1n) is 13.2. The smallest absolute Gasteiger partial charge is 0.253 e. The van der Waals surface area contributed by atoms with Crippen LogP contribution in [-0.2, 0) is 4.79 Å². The number of unbranched alkanes of at least 4 members (excludes halogenated alkanes) is 2. The first-order valence-corrected chi connectivity index (χ1v) is 13.2. The van der Waals surface area contributed by atoms with Crippen LogP contribution in [0.2, 0.25) is 0 Å². The summed E-state index contributed by atoms with van der Waals surface area (Å²) >= 11 is 0. The number of aliphatic imine (C=N–C) groups is 2. The van der Waals surface area contributed by atoms with Crippen LogP contribution in [0, 0.1) is 5.92 Å². The molecule has 3 aliphatic rings. The lowest BCUT2D eigenvalue weighted by Crippen LogP contribution is -2.40. The highest BCUT2D eigenvalue weighted by molar-refractivity contribution is 6.46. The Morgan fingerprint density at radius 1 is 1.26 bits per heavy atom. The van der Waals surface area contributed by atoms with Gasteiger partial charge in [0.05, 0.1) is 30.7 Å². The monoisotopic (exact) mass is 481 g/mol. The molecule has 0 aromatic rings. The highest BCUT2D eigenvalue weighted by Gasteiger charge is 2.28. The number of nitrogens with one attached hydrogen (secondary N) is 1. The highest BCUT2D eigenvalue weighted by atomic mass is 16.2. The summed E-state index contributed by atoms with van der Waals surface area (Å²) in [5.74, 6) is 0.589. The van der Waals surface area contributed by atoms with Crippen molar-refractivity contribution in [1.29, 1.82) is 0 Å². The number of aliphatic hydroxyl groups is 1. The van der Waals surface area contributed by atoms with E-state index in [4.69, 9.17) is 15.1 Å². The number of piperidine rings is 1. The number of rotatable bonds is 9. The molecule has 192 valence electrons. The standard InChI is InChI=1S/C28H43N5O2/c1-4-5-11-25-26(12-7-6-8-18-34)31-22(2)19-24(10-9-15-29-25)28(35)33-16-13-23(14-17-33)27-20-32(3)21-30-27/h5,9-11,19-20,22-23,30,34H,4,6-8,12-18,21H2,1-3H3/b10-9-,11-5+,24-19+,29-25-,31-26-. The molecule has 1 saturated heterocycles. The van der Waals surface area contributed by atoms with E-state index in [-0.39, 0.29) is 18.6 Å². The van der Waals surface area contributed by atoms with E-state index in [1.807, 2.05) is 30.1 Å². The van der Waals surface area contributed by atoms with Crippen LogP contribution in [-0.4, -0.2) is 78.2 Å². The number of hydrogen-bond acceptors (Lipinski definition) is 6. The third-order valence-corrected chi connectivity index (χ3v) is 6.68. The number of carbonyl (C=O) groups is 1. The fourth-order valence-electron chi connectivity index (χ4n) is 4.75. The Morgan fingerprint density at radius 2 is 2.06 bits per heavy atom. The average molecular weight is 482 g/mol. The van der Waals surface area contributed by atoms with Gasteiger partial charge >= 0.3 is 0 Å². The second-order valence-corrected chi connectivity index (χ2v) is 9.65. The number of carbonyl (C=O) groups excluding carboxylic acids is 1. The molecule has 0 aliphatic carbocycles. The van der Waals surface area contributed by atoms with Crippen molar-refractivity contribution in [3.05, 3.63) is 47.9 Å². The van der Waals surface area contributed by atoms with Gasteiger partial charge < -0.3 is 20.2 Å². The fraction of sp³-hybridized carbons (Fsp3) is 0.607. The first-order chi connectivity index (χ1) is 17.0. The third kappa shape index (κ3) is 8.20. The second kappa shape index (κ2) is 14.0. The number of allylic oxidation sites excluding steroid dienone is 3. The number of amides is 1. The number of aliphatic hydroxyl groups excluding tert-OH is 1. The summed E-state index contributed by atoms with van der Waals surface area (Å²) in [6, 6.07) is -0.120. The lowest BCUT2D eigenvalue weighted by Gasteiger charge is -2.33. The van der Waals surface area contributed by atoms with Crippen molar-refractivity contribution in [2.75, 3.05) is 40.0 Å². The third-order valence-electron chi connectivity index (χ3n) is 6.68. The molecule has 0 saturated carbocycles. The van der Waals surface area contributed by atoms with Crippen molar-refractivity contribution >= 4 is 17.3 Å². The van der Waals surface area contributed by atoms with Crippen molar-refractivity contribution in [2.45, 2.75) is 64.8 Å². The number of hydrogen-bond donors (Lipinski definition) is 2. The largest absolute Gasteiger partial charge is 0.396 e. The van der Waals surface area contributed by atoms with Crippen LogP contribution in [0.4, 0.5) is 0 Å². The van der Waals surface area contributed by atoms with Gasteiger partial charge in [-0.25, -0.2) is 0 Å². The minimum absolute atomic E-state index is 0.0902. The van der Waals surface area contributed by atoms with Gasteiger partial charge in [-0.2, -0.15) is 0 Å². The molecule has 3 rings (SSSR count). The molecule has 0 aromatic carbocycles. The summed E-state index contributed by atoms with van der Waals surface area (Å²) in [7, 11) is 2.08. The number of likely N-dealkylation sites (tertiary alicyclic amines) is 1. The molecule has 3 heterocycles. The first kappa shape index (κ1) is 26.9. The quantitative estimate of drug-likeness (QED) is 0.490. The van der Waals surface area contributed by atoms with E-state index in [0.29, 0.717) is 18.0 Å². The van der Waals surface area contributed by atoms with Crippen molar-refractivity contribution in [3.8, 4) is 0 Å². The normalized spacial score (nSPS) is 27.4. The molecule has 0 spiro atoms. The SMILES string of the molecule is CC/C=C/C1=N/C/C=C\C(C(=O)N2CCC(C3=CN(C)CN3)CC2)=C/C(C)/N=C\1CCCCCO. The van der Waals surface area contributed by atoms with E-state index in [2.05, 4.69) is 42.5 Å². The topological polar surface area (TPSA) is 80.5 Å². The Morgan fingerprint density at radius 3 is 2.74 bits per heavy atom. The Labute approximate surface area is 211 Å². The molecule has 2 N–H and O–H groups in total. The maximum atomic E-state index is 13.4. The van der Waals surface area contributed by atoms with E-state index in [1.165, 1.54) is 5.70 Å². The predicted molar refractivity (Wildman–Crippen MR) is 145 cm³/mol. The Bertz CT molecular complexity index is 891. The lowest BCUT2D eigenvalue weighted by molar-refractivity contribution is -0.128. The zero-order valence-corrected chi connectivity index (χ0v) is 21.7.